The number of hydrogen-bond donors (Lipinski definition) is 1. The van der Waals surface area contributed by atoms with Crippen molar-refractivity contribution in [1.29, 1.82) is 0 Å². The minimum absolute atomic E-state index is 0.0258. The quantitative estimate of drug-likeness (QED) is 0.193. The van der Waals surface area contributed by atoms with Crippen molar-refractivity contribution in [3.63, 3.8) is 0 Å². The zero-order valence-corrected chi connectivity index (χ0v) is 26.1. The highest BCUT2D eigenvalue weighted by Crippen LogP contribution is 2.42. The van der Waals surface area contributed by atoms with Gasteiger partial charge in [-0.2, -0.15) is 26.3 Å². The second-order valence-corrected chi connectivity index (χ2v) is 12.6. The minimum Gasteiger partial charge on any atom is -0.478 e. The molecule has 2 saturated heterocycles. The molecule has 1 N–H and O–H groups in total. The van der Waals surface area contributed by atoms with Crippen LogP contribution in [0.4, 0.5) is 45.9 Å². The van der Waals surface area contributed by atoms with Gasteiger partial charge in [0.15, 0.2) is 0 Å². The predicted octanol–water partition coefficient (Wildman–Crippen LogP) is 7.85. The van der Waals surface area contributed by atoms with Gasteiger partial charge in [0.05, 0.1) is 52.9 Å². The lowest BCUT2D eigenvalue weighted by Crippen LogP contribution is -2.57. The number of anilines is 1. The van der Waals surface area contributed by atoms with Crippen molar-refractivity contribution in [3.05, 3.63) is 82.3 Å². The molecule has 1 amide bonds. The van der Waals surface area contributed by atoms with Crippen molar-refractivity contribution in [2.24, 2.45) is 0 Å². The SMILES string of the molecule is Cc1cc(C(=O)O)ccc1-c1ncc(-c2cnc(N3CC(F)(F)C3)nc2CN2C(=O)OC(c3cc(C(F)(F)F)cc(C(F)(F)F)c3)C2C)s1. The number of benzene rings is 2. The Morgan fingerprint density at radius 2 is 1.65 bits per heavy atom. The van der Waals surface area contributed by atoms with Crippen molar-refractivity contribution in [1.82, 2.24) is 19.9 Å². The monoisotopic (exact) mass is 713 g/mol. The number of nitrogens with zero attached hydrogens (tertiary/aromatic N) is 5. The molecule has 0 bridgehead atoms. The summed E-state index contributed by atoms with van der Waals surface area (Å²) in [6.45, 7) is 1.38. The number of thiazole rings is 1. The first-order valence-electron chi connectivity index (χ1n) is 14.4. The van der Waals surface area contributed by atoms with Crippen molar-refractivity contribution in [3.8, 4) is 21.0 Å². The van der Waals surface area contributed by atoms with Crippen LogP contribution < -0.4 is 4.90 Å². The van der Waals surface area contributed by atoms with Gasteiger partial charge in [-0.05, 0) is 55.3 Å². The van der Waals surface area contributed by atoms with E-state index in [1.165, 1.54) is 36.4 Å². The predicted molar refractivity (Wildman–Crippen MR) is 158 cm³/mol. The smallest absolute Gasteiger partial charge is 0.416 e. The number of carbonyl (C=O) groups excluding carboxylic acids is 1. The fraction of sp³-hybridized carbons (Fsp3) is 0.323. The second-order valence-electron chi connectivity index (χ2n) is 11.6. The second kappa shape index (κ2) is 11.9. The van der Waals surface area contributed by atoms with E-state index in [0.717, 1.165) is 16.2 Å². The van der Waals surface area contributed by atoms with E-state index in [4.69, 9.17) is 4.74 Å². The molecule has 2 fully saturated rings. The van der Waals surface area contributed by atoms with Crippen LogP contribution in [0.25, 0.3) is 21.0 Å². The number of carbonyl (C=O) groups is 2. The average Bonchev–Trinajstić information content (AvgIpc) is 3.59. The summed E-state index contributed by atoms with van der Waals surface area (Å²) in [5.41, 5.74) is -1.89. The van der Waals surface area contributed by atoms with Crippen LogP contribution in [0.2, 0.25) is 0 Å². The zero-order valence-electron chi connectivity index (χ0n) is 25.2. The summed E-state index contributed by atoms with van der Waals surface area (Å²) in [7, 11) is 0. The summed E-state index contributed by atoms with van der Waals surface area (Å²) in [4.78, 5) is 40.3. The lowest BCUT2D eigenvalue weighted by Gasteiger charge is -2.38. The molecule has 2 aliphatic heterocycles. The molecule has 2 unspecified atom stereocenters. The van der Waals surface area contributed by atoms with Gasteiger partial charge in [0, 0.05) is 23.5 Å². The number of amides is 1. The third-order valence-corrected chi connectivity index (χ3v) is 9.17. The standard InChI is InChI=1S/C31H23F8N5O4S/c1-14-5-16(26(45)46)3-4-20(14)25-40-10-23(49-25)21-9-41-27(43-12-29(32,33)13-43)42-22(21)11-44-15(2)24(48-28(44)47)17-6-18(30(34,35)36)8-19(7-17)31(37,38)39/h3-10,15,24H,11-13H2,1-2H3,(H,45,46). The van der Waals surface area contributed by atoms with Crippen molar-refractivity contribution >= 4 is 29.3 Å². The highest BCUT2D eigenvalue weighted by Gasteiger charge is 2.46. The Morgan fingerprint density at radius 1 is 1.00 bits per heavy atom. The van der Waals surface area contributed by atoms with E-state index in [1.807, 2.05) is 0 Å². The summed E-state index contributed by atoms with van der Waals surface area (Å²) >= 11 is 1.16. The largest absolute Gasteiger partial charge is 0.478 e. The molecule has 0 radical (unpaired) electrons. The molecule has 6 rings (SSSR count). The molecule has 49 heavy (non-hydrogen) atoms. The van der Waals surface area contributed by atoms with Crippen molar-refractivity contribution in [2.75, 3.05) is 18.0 Å². The Kier molecular flexibility index (Phi) is 8.28. The Morgan fingerprint density at radius 3 is 2.22 bits per heavy atom. The Balaban J connectivity index is 1.35. The Hall–Kier alpha value is -4.87. The van der Waals surface area contributed by atoms with E-state index in [2.05, 4.69) is 15.0 Å². The molecule has 2 aromatic carbocycles. The fourth-order valence-electron chi connectivity index (χ4n) is 5.56. The van der Waals surface area contributed by atoms with Gasteiger partial charge in [-0.1, -0.05) is 6.07 Å². The summed E-state index contributed by atoms with van der Waals surface area (Å²) in [5, 5.41) is 9.78. The molecule has 4 aromatic rings. The summed E-state index contributed by atoms with van der Waals surface area (Å²) in [6.07, 6.45) is -10.00. The van der Waals surface area contributed by atoms with Crippen LogP contribution in [-0.4, -0.2) is 62.1 Å². The average molecular weight is 714 g/mol. The number of carboxylic acid groups (broad SMARTS) is 1. The summed E-state index contributed by atoms with van der Waals surface area (Å²) < 4.78 is 114. The lowest BCUT2D eigenvalue weighted by atomic mass is 9.97. The first kappa shape index (κ1) is 34.0. The number of carboxylic acids is 1. The number of ether oxygens (including phenoxy) is 1. The molecule has 2 aliphatic rings. The number of rotatable bonds is 7. The maximum atomic E-state index is 13.7. The molecule has 0 spiro atoms. The minimum atomic E-state index is -5.12. The van der Waals surface area contributed by atoms with Gasteiger partial charge in [-0.3, -0.25) is 4.90 Å². The van der Waals surface area contributed by atoms with E-state index in [0.29, 0.717) is 38.7 Å². The van der Waals surface area contributed by atoms with Gasteiger partial charge in [-0.25, -0.2) is 33.3 Å². The molecule has 2 atom stereocenters. The van der Waals surface area contributed by atoms with Crippen LogP contribution in [0.5, 0.6) is 0 Å². The number of aromatic carboxylic acids is 1. The number of hydrogen-bond acceptors (Lipinski definition) is 8. The van der Waals surface area contributed by atoms with Crippen LogP contribution in [0.15, 0.2) is 48.8 Å². The number of halogens is 8. The lowest BCUT2D eigenvalue weighted by molar-refractivity contribution is -0.143. The van der Waals surface area contributed by atoms with Gasteiger partial charge >= 0.3 is 24.4 Å². The maximum Gasteiger partial charge on any atom is 0.416 e. The molecule has 258 valence electrons. The van der Waals surface area contributed by atoms with E-state index in [9.17, 15) is 49.8 Å². The fourth-order valence-corrected chi connectivity index (χ4v) is 6.60. The molecule has 4 heterocycles. The van der Waals surface area contributed by atoms with Gasteiger partial charge in [-0.15, -0.1) is 11.3 Å². The van der Waals surface area contributed by atoms with Crippen molar-refractivity contribution in [2.45, 2.75) is 50.8 Å². The summed E-state index contributed by atoms with van der Waals surface area (Å²) in [5.74, 6) is -4.16. The van der Waals surface area contributed by atoms with Gasteiger partial charge in [0.25, 0.3) is 5.92 Å². The third-order valence-electron chi connectivity index (χ3n) is 8.11. The number of aryl methyl sites for hydroxylation is 1. The molecular weight excluding hydrogens is 690 g/mol. The molecule has 0 aliphatic carbocycles. The molecule has 2 aromatic heterocycles. The van der Waals surface area contributed by atoms with E-state index >= 15 is 0 Å². The highest BCUT2D eigenvalue weighted by molar-refractivity contribution is 7.18. The normalized spacial score (nSPS) is 19.2. The first-order valence-corrected chi connectivity index (χ1v) is 15.2. The van der Waals surface area contributed by atoms with Crippen molar-refractivity contribution < 1.29 is 54.6 Å². The van der Waals surface area contributed by atoms with E-state index in [1.54, 1.807) is 13.0 Å². The van der Waals surface area contributed by atoms with Gasteiger partial charge in [0.1, 0.15) is 11.1 Å². The van der Waals surface area contributed by atoms with Crippen LogP contribution in [0.1, 0.15) is 51.3 Å². The first-order chi connectivity index (χ1) is 22.8. The Bertz CT molecular complexity index is 1920. The molecule has 9 nitrogen and oxygen atoms in total. The maximum absolute atomic E-state index is 13.7. The number of aromatic nitrogens is 3. The van der Waals surface area contributed by atoms with E-state index in [-0.39, 0.29) is 29.8 Å². The van der Waals surface area contributed by atoms with Gasteiger partial charge < -0.3 is 14.7 Å². The van der Waals surface area contributed by atoms with Crippen LogP contribution >= 0.6 is 11.3 Å². The van der Waals surface area contributed by atoms with E-state index < -0.39 is 72.3 Å². The van der Waals surface area contributed by atoms with Gasteiger partial charge in [0.2, 0.25) is 5.95 Å². The molecular formula is C31H23F8N5O4S. The van der Waals surface area contributed by atoms with Crippen LogP contribution in [0.3, 0.4) is 0 Å². The topological polar surface area (TPSA) is 109 Å². The Labute approximate surface area is 275 Å². The summed E-state index contributed by atoms with van der Waals surface area (Å²) in [6, 6.07) is 4.35. The highest BCUT2D eigenvalue weighted by atomic mass is 32.1. The van der Waals surface area contributed by atoms with Crippen LogP contribution in [-0.2, 0) is 23.6 Å². The molecule has 0 saturated carbocycles. The third kappa shape index (κ3) is 6.73. The number of alkyl halides is 8. The molecule has 18 heteroatoms. The zero-order chi connectivity index (χ0) is 35.6. The number of cyclic esters (lactones) is 1. The van der Waals surface area contributed by atoms with Crippen LogP contribution in [0, 0.1) is 6.92 Å².